The Morgan fingerprint density at radius 1 is 1.40 bits per heavy atom. The SMILES string of the molecule is CC1(C)OC[C@@H]([C@H](O)[C@@H]2CCCC2=O)N1C(=O)OCc1ccccc1. The molecule has 1 amide bonds. The summed E-state index contributed by atoms with van der Waals surface area (Å²) in [6.45, 7) is 3.87. The fourth-order valence-corrected chi connectivity index (χ4v) is 3.70. The number of ether oxygens (including phenoxy) is 2. The van der Waals surface area contributed by atoms with E-state index in [9.17, 15) is 14.7 Å². The molecule has 3 rings (SSSR count). The number of carbonyl (C=O) groups is 2. The largest absolute Gasteiger partial charge is 0.444 e. The van der Waals surface area contributed by atoms with Gasteiger partial charge in [0.2, 0.25) is 0 Å². The maximum Gasteiger partial charge on any atom is 0.412 e. The summed E-state index contributed by atoms with van der Waals surface area (Å²) in [5, 5.41) is 10.7. The van der Waals surface area contributed by atoms with Crippen molar-refractivity contribution in [3.8, 4) is 0 Å². The molecule has 6 heteroatoms. The van der Waals surface area contributed by atoms with Crippen LogP contribution < -0.4 is 0 Å². The van der Waals surface area contributed by atoms with Crippen molar-refractivity contribution < 1.29 is 24.2 Å². The fraction of sp³-hybridized carbons (Fsp3) is 0.579. The zero-order valence-electron chi connectivity index (χ0n) is 14.7. The molecular weight excluding hydrogens is 322 g/mol. The van der Waals surface area contributed by atoms with Gasteiger partial charge >= 0.3 is 6.09 Å². The molecule has 1 aliphatic carbocycles. The molecule has 1 aromatic rings. The topological polar surface area (TPSA) is 76.1 Å². The number of carbonyl (C=O) groups excluding carboxylic acids is 2. The van der Waals surface area contributed by atoms with E-state index in [0.29, 0.717) is 12.8 Å². The van der Waals surface area contributed by atoms with Gasteiger partial charge in [0.25, 0.3) is 0 Å². The van der Waals surface area contributed by atoms with Crippen LogP contribution >= 0.6 is 0 Å². The van der Waals surface area contributed by atoms with E-state index in [1.165, 1.54) is 4.90 Å². The average molecular weight is 347 g/mol. The lowest BCUT2D eigenvalue weighted by atomic mass is 9.93. The maximum atomic E-state index is 12.7. The molecule has 6 nitrogen and oxygen atoms in total. The molecule has 1 saturated heterocycles. The first-order valence-corrected chi connectivity index (χ1v) is 8.75. The Hall–Kier alpha value is -1.92. The average Bonchev–Trinajstić information content (AvgIpc) is 3.15. The minimum Gasteiger partial charge on any atom is -0.444 e. The molecule has 2 aliphatic rings. The van der Waals surface area contributed by atoms with Gasteiger partial charge in [-0.25, -0.2) is 4.79 Å². The molecule has 0 unspecified atom stereocenters. The van der Waals surface area contributed by atoms with Crippen LogP contribution in [0.3, 0.4) is 0 Å². The highest BCUT2D eigenvalue weighted by Crippen LogP contribution is 2.35. The van der Waals surface area contributed by atoms with Gasteiger partial charge in [-0.3, -0.25) is 9.69 Å². The number of aliphatic hydroxyl groups is 1. The minimum atomic E-state index is -0.930. The van der Waals surface area contributed by atoms with Gasteiger partial charge in [0, 0.05) is 12.3 Å². The number of aliphatic hydroxyl groups excluding tert-OH is 1. The van der Waals surface area contributed by atoms with Gasteiger partial charge in [-0.15, -0.1) is 0 Å². The molecule has 3 atom stereocenters. The Morgan fingerprint density at radius 3 is 2.76 bits per heavy atom. The molecule has 0 spiro atoms. The van der Waals surface area contributed by atoms with Gasteiger partial charge in [0.1, 0.15) is 18.1 Å². The highest BCUT2D eigenvalue weighted by Gasteiger charge is 2.50. The second-order valence-electron chi connectivity index (χ2n) is 7.19. The normalized spacial score (nSPS) is 26.7. The smallest absolute Gasteiger partial charge is 0.412 e. The van der Waals surface area contributed by atoms with Crippen LogP contribution in [0.1, 0.15) is 38.7 Å². The number of benzene rings is 1. The van der Waals surface area contributed by atoms with Crippen LogP contribution in [0, 0.1) is 5.92 Å². The number of ketones is 1. The predicted molar refractivity (Wildman–Crippen MR) is 90.6 cm³/mol. The van der Waals surface area contributed by atoms with Crippen LogP contribution in [0.5, 0.6) is 0 Å². The number of rotatable bonds is 4. The van der Waals surface area contributed by atoms with Crippen molar-refractivity contribution in [1.82, 2.24) is 4.90 Å². The number of hydrogen-bond acceptors (Lipinski definition) is 5. The van der Waals surface area contributed by atoms with Crippen molar-refractivity contribution in [2.45, 2.75) is 57.6 Å². The van der Waals surface area contributed by atoms with Crippen LogP contribution in [-0.4, -0.2) is 46.4 Å². The standard InChI is InChI=1S/C19H25NO5/c1-19(2)20(18(23)24-11-13-7-4-3-5-8-13)15(12-25-19)17(22)14-9-6-10-16(14)21/h3-5,7-8,14-15,17,22H,6,9-12H2,1-2H3/t14-,15+,17-/m1/s1. The Morgan fingerprint density at radius 2 is 2.12 bits per heavy atom. The molecule has 1 aliphatic heterocycles. The third-order valence-corrected chi connectivity index (χ3v) is 5.08. The Bertz CT molecular complexity index is 630. The lowest BCUT2D eigenvalue weighted by molar-refractivity contribution is -0.125. The highest BCUT2D eigenvalue weighted by atomic mass is 16.6. The second kappa shape index (κ2) is 7.14. The van der Waals surface area contributed by atoms with Gasteiger partial charge in [0.05, 0.1) is 18.8 Å². The number of hydrogen-bond donors (Lipinski definition) is 1. The Kier molecular flexibility index (Phi) is 5.11. The summed E-state index contributed by atoms with van der Waals surface area (Å²) >= 11 is 0. The fourth-order valence-electron chi connectivity index (χ4n) is 3.70. The summed E-state index contributed by atoms with van der Waals surface area (Å²) in [7, 11) is 0. The summed E-state index contributed by atoms with van der Waals surface area (Å²) < 4.78 is 11.1. The zero-order valence-corrected chi connectivity index (χ0v) is 14.7. The molecule has 0 radical (unpaired) electrons. The van der Waals surface area contributed by atoms with Gasteiger partial charge < -0.3 is 14.6 Å². The van der Waals surface area contributed by atoms with E-state index in [4.69, 9.17) is 9.47 Å². The molecule has 0 aromatic heterocycles. The molecule has 2 fully saturated rings. The van der Waals surface area contributed by atoms with E-state index < -0.39 is 29.9 Å². The van der Waals surface area contributed by atoms with Crippen molar-refractivity contribution >= 4 is 11.9 Å². The monoisotopic (exact) mass is 347 g/mol. The number of amides is 1. The summed E-state index contributed by atoms with van der Waals surface area (Å²) in [5.41, 5.74) is -0.00186. The molecule has 1 heterocycles. The number of Topliss-reactive ketones (excluding diaryl/α,β-unsaturated/α-hetero) is 1. The van der Waals surface area contributed by atoms with Crippen molar-refractivity contribution in [3.05, 3.63) is 35.9 Å². The molecule has 25 heavy (non-hydrogen) atoms. The summed E-state index contributed by atoms with van der Waals surface area (Å²) in [4.78, 5) is 26.1. The van der Waals surface area contributed by atoms with Crippen LogP contribution in [-0.2, 0) is 20.9 Å². The first kappa shape index (κ1) is 17.9. The lowest BCUT2D eigenvalue weighted by Crippen LogP contribution is -2.54. The summed E-state index contributed by atoms with van der Waals surface area (Å²) in [6, 6.07) is 8.83. The third-order valence-electron chi connectivity index (χ3n) is 5.08. The molecule has 1 aromatic carbocycles. The predicted octanol–water partition coefficient (Wildman–Crippen LogP) is 2.49. The van der Waals surface area contributed by atoms with Crippen LogP contribution in [0.15, 0.2) is 30.3 Å². The maximum absolute atomic E-state index is 12.7. The Labute approximate surface area is 147 Å². The van der Waals surface area contributed by atoms with Crippen molar-refractivity contribution in [1.29, 1.82) is 0 Å². The van der Waals surface area contributed by atoms with E-state index in [-0.39, 0.29) is 19.0 Å². The van der Waals surface area contributed by atoms with Gasteiger partial charge in [-0.1, -0.05) is 30.3 Å². The van der Waals surface area contributed by atoms with Gasteiger partial charge in [0.15, 0.2) is 0 Å². The van der Waals surface area contributed by atoms with E-state index in [0.717, 1.165) is 12.0 Å². The summed E-state index contributed by atoms with van der Waals surface area (Å²) in [5.74, 6) is -0.360. The van der Waals surface area contributed by atoms with Crippen molar-refractivity contribution in [2.24, 2.45) is 5.92 Å². The first-order valence-electron chi connectivity index (χ1n) is 8.75. The van der Waals surface area contributed by atoms with E-state index in [2.05, 4.69) is 0 Å². The van der Waals surface area contributed by atoms with E-state index in [1.54, 1.807) is 13.8 Å². The molecule has 0 bridgehead atoms. The van der Waals surface area contributed by atoms with Crippen LogP contribution in [0.4, 0.5) is 4.79 Å². The second-order valence-corrected chi connectivity index (χ2v) is 7.19. The van der Waals surface area contributed by atoms with Crippen LogP contribution in [0.2, 0.25) is 0 Å². The lowest BCUT2D eigenvalue weighted by Gasteiger charge is -2.35. The summed E-state index contributed by atoms with van der Waals surface area (Å²) in [6.07, 6.45) is 0.471. The van der Waals surface area contributed by atoms with Gasteiger partial charge in [-0.2, -0.15) is 0 Å². The molecule has 1 N–H and O–H groups in total. The van der Waals surface area contributed by atoms with Gasteiger partial charge in [-0.05, 0) is 32.3 Å². The minimum absolute atomic E-state index is 0.0646. The third kappa shape index (κ3) is 3.70. The Balaban J connectivity index is 1.71. The quantitative estimate of drug-likeness (QED) is 0.905. The highest BCUT2D eigenvalue weighted by molar-refractivity contribution is 5.83. The molecule has 136 valence electrons. The first-order chi connectivity index (χ1) is 11.9. The number of nitrogens with zero attached hydrogens (tertiary/aromatic N) is 1. The van der Waals surface area contributed by atoms with E-state index in [1.807, 2.05) is 30.3 Å². The zero-order chi connectivity index (χ0) is 18.0. The van der Waals surface area contributed by atoms with Crippen molar-refractivity contribution in [2.75, 3.05) is 6.61 Å². The van der Waals surface area contributed by atoms with Crippen molar-refractivity contribution in [3.63, 3.8) is 0 Å². The molecular formula is C19H25NO5. The molecule has 1 saturated carbocycles. The van der Waals surface area contributed by atoms with Crippen LogP contribution in [0.25, 0.3) is 0 Å². The van der Waals surface area contributed by atoms with E-state index >= 15 is 0 Å².